The molecule has 4 heteroatoms. The maximum atomic E-state index is 13.6. The molecule has 0 unspecified atom stereocenters. The largest absolute Gasteiger partial charge is 0.466 e. The molecule has 1 saturated carbocycles. The Kier molecular flexibility index (Phi) is 7.83. The molecule has 1 aliphatic rings. The van der Waals surface area contributed by atoms with Gasteiger partial charge in [0.1, 0.15) is 0 Å². The lowest BCUT2D eigenvalue weighted by atomic mass is 9.97. The first-order chi connectivity index (χ1) is 14.6. The van der Waals surface area contributed by atoms with Gasteiger partial charge in [0.2, 0.25) is 5.91 Å². The SMILES string of the molecule is COC(=O)/C=C/c1cccc(N(Cc2ccc(C)cc2)C(=O)C2CCCCCC2)c1. The summed E-state index contributed by atoms with van der Waals surface area (Å²) in [4.78, 5) is 26.9. The molecule has 0 heterocycles. The standard InChI is InChI=1S/C26H31NO3/c1-20-12-14-22(15-13-20)19-27(26(29)23-9-5-3-4-6-10-23)24-11-7-8-21(18-24)16-17-25(28)30-2/h7-8,11-18,23H,3-6,9-10,19H2,1-2H3/b17-16+. The highest BCUT2D eigenvalue weighted by Crippen LogP contribution is 2.28. The van der Waals surface area contributed by atoms with Gasteiger partial charge in [-0.1, -0.05) is 67.6 Å². The van der Waals surface area contributed by atoms with E-state index in [-0.39, 0.29) is 11.8 Å². The summed E-state index contributed by atoms with van der Waals surface area (Å²) in [6.07, 6.45) is 9.72. The molecule has 0 aliphatic heterocycles. The predicted octanol–water partition coefficient (Wildman–Crippen LogP) is 5.68. The molecule has 30 heavy (non-hydrogen) atoms. The fourth-order valence-electron chi connectivity index (χ4n) is 3.95. The van der Waals surface area contributed by atoms with E-state index in [4.69, 9.17) is 0 Å². The van der Waals surface area contributed by atoms with Gasteiger partial charge in [0.25, 0.3) is 0 Å². The van der Waals surface area contributed by atoms with E-state index in [2.05, 4.69) is 35.9 Å². The fraction of sp³-hybridized carbons (Fsp3) is 0.385. The number of hydrogen-bond donors (Lipinski definition) is 0. The van der Waals surface area contributed by atoms with Crippen molar-refractivity contribution < 1.29 is 14.3 Å². The van der Waals surface area contributed by atoms with Crippen LogP contribution in [0.15, 0.2) is 54.6 Å². The lowest BCUT2D eigenvalue weighted by molar-refractivity contribution is -0.134. The summed E-state index contributed by atoms with van der Waals surface area (Å²) >= 11 is 0. The van der Waals surface area contributed by atoms with Crippen LogP contribution in [0, 0.1) is 12.8 Å². The van der Waals surface area contributed by atoms with Crippen LogP contribution in [0.1, 0.15) is 55.2 Å². The zero-order chi connectivity index (χ0) is 21.3. The number of carbonyl (C=O) groups is 2. The van der Waals surface area contributed by atoms with Crippen LogP contribution < -0.4 is 4.90 Å². The molecule has 2 aromatic rings. The van der Waals surface area contributed by atoms with E-state index in [0.717, 1.165) is 42.5 Å². The maximum Gasteiger partial charge on any atom is 0.330 e. The summed E-state index contributed by atoms with van der Waals surface area (Å²) in [6, 6.07) is 16.1. The Balaban J connectivity index is 1.89. The Labute approximate surface area is 179 Å². The second-order valence-corrected chi connectivity index (χ2v) is 8.05. The van der Waals surface area contributed by atoms with E-state index in [0.29, 0.717) is 6.54 Å². The van der Waals surface area contributed by atoms with E-state index >= 15 is 0 Å². The van der Waals surface area contributed by atoms with E-state index in [1.807, 2.05) is 29.2 Å². The van der Waals surface area contributed by atoms with Crippen LogP contribution in [-0.4, -0.2) is 19.0 Å². The van der Waals surface area contributed by atoms with Crippen LogP contribution in [0.5, 0.6) is 0 Å². The van der Waals surface area contributed by atoms with Crippen LogP contribution in [0.4, 0.5) is 5.69 Å². The van der Waals surface area contributed by atoms with Crippen molar-refractivity contribution in [2.45, 2.75) is 52.0 Å². The van der Waals surface area contributed by atoms with Crippen molar-refractivity contribution in [2.24, 2.45) is 5.92 Å². The minimum atomic E-state index is -0.397. The van der Waals surface area contributed by atoms with E-state index in [1.54, 1.807) is 6.08 Å². The zero-order valence-electron chi connectivity index (χ0n) is 18.0. The summed E-state index contributed by atoms with van der Waals surface area (Å²) in [5, 5.41) is 0. The van der Waals surface area contributed by atoms with Gasteiger partial charge in [-0.05, 0) is 49.1 Å². The van der Waals surface area contributed by atoms with Gasteiger partial charge in [0, 0.05) is 17.7 Å². The van der Waals surface area contributed by atoms with Gasteiger partial charge in [-0.25, -0.2) is 4.79 Å². The number of carbonyl (C=O) groups excluding carboxylic acids is 2. The van der Waals surface area contributed by atoms with Crippen molar-refractivity contribution >= 4 is 23.6 Å². The second kappa shape index (κ2) is 10.8. The summed E-state index contributed by atoms with van der Waals surface area (Å²) in [5.41, 5.74) is 4.03. The number of anilines is 1. The van der Waals surface area contributed by atoms with Crippen molar-refractivity contribution in [1.82, 2.24) is 0 Å². The topological polar surface area (TPSA) is 46.6 Å². The Morgan fingerprint density at radius 1 is 1.03 bits per heavy atom. The number of amides is 1. The van der Waals surface area contributed by atoms with Gasteiger partial charge in [-0.15, -0.1) is 0 Å². The lowest BCUT2D eigenvalue weighted by Crippen LogP contribution is -2.35. The number of aryl methyl sites for hydroxylation is 1. The number of nitrogens with zero attached hydrogens (tertiary/aromatic N) is 1. The van der Waals surface area contributed by atoms with Crippen molar-refractivity contribution in [3.8, 4) is 0 Å². The quantitative estimate of drug-likeness (QED) is 0.353. The molecule has 1 amide bonds. The molecule has 0 spiro atoms. The molecule has 3 rings (SSSR count). The monoisotopic (exact) mass is 405 g/mol. The molecule has 0 radical (unpaired) electrons. The third-order valence-corrected chi connectivity index (χ3v) is 5.73. The first-order valence-corrected chi connectivity index (χ1v) is 10.8. The van der Waals surface area contributed by atoms with Crippen LogP contribution in [0.3, 0.4) is 0 Å². The molecule has 0 aromatic heterocycles. The minimum Gasteiger partial charge on any atom is -0.466 e. The number of esters is 1. The smallest absolute Gasteiger partial charge is 0.330 e. The summed E-state index contributed by atoms with van der Waals surface area (Å²) in [6.45, 7) is 2.61. The average molecular weight is 406 g/mol. The number of ether oxygens (including phenoxy) is 1. The molecule has 0 atom stereocenters. The van der Waals surface area contributed by atoms with Gasteiger partial charge in [0.15, 0.2) is 0 Å². The van der Waals surface area contributed by atoms with E-state index in [1.165, 1.54) is 31.6 Å². The van der Waals surface area contributed by atoms with Gasteiger partial charge in [0.05, 0.1) is 13.7 Å². The van der Waals surface area contributed by atoms with Crippen LogP contribution in [-0.2, 0) is 20.9 Å². The van der Waals surface area contributed by atoms with Gasteiger partial charge in [-0.3, -0.25) is 4.79 Å². The van der Waals surface area contributed by atoms with Crippen molar-refractivity contribution in [2.75, 3.05) is 12.0 Å². The van der Waals surface area contributed by atoms with Crippen LogP contribution in [0.2, 0.25) is 0 Å². The number of methoxy groups -OCH3 is 1. The first kappa shape index (κ1) is 21.8. The van der Waals surface area contributed by atoms with Crippen molar-refractivity contribution in [3.05, 3.63) is 71.3 Å². The highest BCUT2D eigenvalue weighted by atomic mass is 16.5. The molecule has 1 fully saturated rings. The van der Waals surface area contributed by atoms with Crippen LogP contribution >= 0.6 is 0 Å². The summed E-state index contributed by atoms with van der Waals surface area (Å²) in [5.74, 6) is -0.120. The van der Waals surface area contributed by atoms with Crippen molar-refractivity contribution in [3.63, 3.8) is 0 Å². The predicted molar refractivity (Wildman–Crippen MR) is 121 cm³/mol. The van der Waals surface area contributed by atoms with Gasteiger partial charge >= 0.3 is 5.97 Å². The first-order valence-electron chi connectivity index (χ1n) is 10.8. The second-order valence-electron chi connectivity index (χ2n) is 8.05. The molecule has 1 aliphatic carbocycles. The normalized spacial score (nSPS) is 15.0. The molecule has 0 bridgehead atoms. The molecule has 158 valence electrons. The average Bonchev–Trinajstić information content (AvgIpc) is 3.06. The number of hydrogen-bond acceptors (Lipinski definition) is 3. The minimum absolute atomic E-state index is 0.0761. The molecular formula is C26H31NO3. The summed E-state index contributed by atoms with van der Waals surface area (Å²) in [7, 11) is 1.36. The molecule has 0 N–H and O–H groups in total. The highest BCUT2D eigenvalue weighted by molar-refractivity contribution is 5.95. The third-order valence-electron chi connectivity index (χ3n) is 5.73. The molecule has 4 nitrogen and oxygen atoms in total. The van der Waals surface area contributed by atoms with Gasteiger partial charge in [-0.2, -0.15) is 0 Å². The van der Waals surface area contributed by atoms with Crippen LogP contribution in [0.25, 0.3) is 6.08 Å². The maximum absolute atomic E-state index is 13.6. The van der Waals surface area contributed by atoms with E-state index in [9.17, 15) is 9.59 Å². The Morgan fingerprint density at radius 3 is 2.40 bits per heavy atom. The number of benzene rings is 2. The van der Waals surface area contributed by atoms with Gasteiger partial charge < -0.3 is 9.64 Å². The highest BCUT2D eigenvalue weighted by Gasteiger charge is 2.26. The third kappa shape index (κ3) is 6.06. The lowest BCUT2D eigenvalue weighted by Gasteiger charge is -2.27. The Morgan fingerprint density at radius 2 is 1.73 bits per heavy atom. The molecular weight excluding hydrogens is 374 g/mol. The number of rotatable bonds is 6. The zero-order valence-corrected chi connectivity index (χ0v) is 18.0. The van der Waals surface area contributed by atoms with E-state index < -0.39 is 5.97 Å². The van der Waals surface area contributed by atoms with Crippen molar-refractivity contribution in [1.29, 1.82) is 0 Å². The Bertz CT molecular complexity index is 877. The molecule has 0 saturated heterocycles. The fourth-order valence-corrected chi connectivity index (χ4v) is 3.95. The molecule has 2 aromatic carbocycles. The summed E-state index contributed by atoms with van der Waals surface area (Å²) < 4.78 is 4.68. The Hall–Kier alpha value is -2.88.